The number of hydrazone groups is 1. The van der Waals surface area contributed by atoms with E-state index in [9.17, 15) is 14.9 Å². The molecular formula is C23H21ClN4O4. The molecule has 32 heavy (non-hydrogen) atoms. The van der Waals surface area contributed by atoms with Gasteiger partial charge in [-0.25, -0.2) is 0 Å². The fraction of sp³-hybridized carbons (Fsp3) is 0.217. The number of nitro groups is 1. The number of nitro benzene ring substituents is 1. The lowest BCUT2D eigenvalue weighted by Gasteiger charge is -2.13. The van der Waals surface area contributed by atoms with Crippen LogP contribution in [-0.2, 0) is 6.42 Å². The minimum atomic E-state index is -0.449. The Morgan fingerprint density at radius 2 is 1.91 bits per heavy atom. The Bertz CT molecular complexity index is 1230. The highest BCUT2D eigenvalue weighted by Crippen LogP contribution is 2.31. The van der Waals surface area contributed by atoms with Gasteiger partial charge in [-0.3, -0.25) is 20.3 Å². The van der Waals surface area contributed by atoms with Gasteiger partial charge in [0.1, 0.15) is 5.76 Å². The lowest BCUT2D eigenvalue weighted by Crippen LogP contribution is -2.15. The monoisotopic (exact) mass is 452 g/mol. The van der Waals surface area contributed by atoms with Gasteiger partial charge in [-0.15, -0.1) is 0 Å². The van der Waals surface area contributed by atoms with E-state index in [2.05, 4.69) is 15.8 Å². The van der Waals surface area contributed by atoms with Crippen molar-refractivity contribution < 1.29 is 14.1 Å². The molecule has 4 rings (SSSR count). The van der Waals surface area contributed by atoms with Crippen LogP contribution >= 0.6 is 11.6 Å². The number of halogens is 1. The zero-order valence-corrected chi connectivity index (χ0v) is 18.3. The number of furan rings is 1. The number of benzene rings is 2. The maximum atomic E-state index is 12.9. The van der Waals surface area contributed by atoms with Gasteiger partial charge >= 0.3 is 0 Å². The predicted octanol–water partition coefficient (Wildman–Crippen LogP) is 5.86. The summed E-state index contributed by atoms with van der Waals surface area (Å²) >= 11 is 6.06. The van der Waals surface area contributed by atoms with E-state index in [1.54, 1.807) is 24.3 Å². The van der Waals surface area contributed by atoms with Crippen molar-refractivity contribution in [2.45, 2.75) is 33.1 Å². The topological polar surface area (TPSA) is 110 Å². The summed E-state index contributed by atoms with van der Waals surface area (Å²) in [5, 5.41) is 18.7. The number of non-ortho nitro benzene ring substituents is 1. The number of hydrogen-bond donors (Lipinski definition) is 2. The fourth-order valence-corrected chi connectivity index (χ4v) is 3.87. The summed E-state index contributed by atoms with van der Waals surface area (Å²) < 4.78 is 5.94. The van der Waals surface area contributed by atoms with E-state index < -0.39 is 4.92 Å². The number of anilines is 2. The molecule has 0 saturated heterocycles. The van der Waals surface area contributed by atoms with Crippen LogP contribution in [0.25, 0.3) is 0 Å². The van der Waals surface area contributed by atoms with Crippen LogP contribution < -0.4 is 10.7 Å². The molecular weight excluding hydrogens is 432 g/mol. The van der Waals surface area contributed by atoms with Crippen LogP contribution in [0.1, 0.15) is 45.8 Å². The third-order valence-corrected chi connectivity index (χ3v) is 5.61. The van der Waals surface area contributed by atoms with Crippen LogP contribution in [0.5, 0.6) is 0 Å². The van der Waals surface area contributed by atoms with Gasteiger partial charge in [0.2, 0.25) is 0 Å². The Balaban J connectivity index is 1.58. The number of hydrogen-bond acceptors (Lipinski definition) is 6. The van der Waals surface area contributed by atoms with Gasteiger partial charge < -0.3 is 9.73 Å². The van der Waals surface area contributed by atoms with Gasteiger partial charge in [-0.05, 0) is 56.5 Å². The smallest absolute Gasteiger partial charge is 0.291 e. The quantitative estimate of drug-likeness (QED) is 0.372. The van der Waals surface area contributed by atoms with Gasteiger partial charge in [-0.1, -0.05) is 17.7 Å². The predicted molar refractivity (Wildman–Crippen MR) is 124 cm³/mol. The summed E-state index contributed by atoms with van der Waals surface area (Å²) in [6.07, 6.45) is 2.28. The van der Waals surface area contributed by atoms with Gasteiger partial charge in [0.25, 0.3) is 11.6 Å². The van der Waals surface area contributed by atoms with Crippen LogP contribution in [-0.4, -0.2) is 16.5 Å². The average molecular weight is 453 g/mol. The summed E-state index contributed by atoms with van der Waals surface area (Å²) in [5.41, 5.74) is 7.45. The lowest BCUT2D eigenvalue weighted by molar-refractivity contribution is -0.384. The van der Waals surface area contributed by atoms with Crippen LogP contribution in [0.4, 0.5) is 17.1 Å². The average Bonchev–Trinajstić information content (AvgIpc) is 3.12. The van der Waals surface area contributed by atoms with Crippen molar-refractivity contribution in [1.82, 2.24) is 0 Å². The SMILES string of the molecule is Cc1ccc(Cl)cc1NC(=O)c1oc2c(c1C)/C(=N/Nc1ccc([N+](=O)[O-])cc1)CCC2. The van der Waals surface area contributed by atoms with E-state index in [1.807, 2.05) is 19.9 Å². The van der Waals surface area contributed by atoms with E-state index in [0.29, 0.717) is 16.4 Å². The van der Waals surface area contributed by atoms with Crippen LogP contribution in [0.3, 0.4) is 0 Å². The molecule has 0 fully saturated rings. The molecule has 1 aliphatic carbocycles. The highest BCUT2D eigenvalue weighted by atomic mass is 35.5. The molecule has 0 unspecified atom stereocenters. The molecule has 0 bridgehead atoms. The Morgan fingerprint density at radius 1 is 1.16 bits per heavy atom. The first-order valence-electron chi connectivity index (χ1n) is 10.1. The summed E-state index contributed by atoms with van der Waals surface area (Å²) in [7, 11) is 0. The molecule has 2 aromatic carbocycles. The van der Waals surface area contributed by atoms with Crippen molar-refractivity contribution in [1.29, 1.82) is 0 Å². The Kier molecular flexibility index (Phi) is 5.96. The molecule has 0 saturated carbocycles. The second-order valence-corrected chi connectivity index (χ2v) is 8.03. The summed E-state index contributed by atoms with van der Waals surface area (Å²) in [6.45, 7) is 3.73. The molecule has 2 N–H and O–H groups in total. The maximum absolute atomic E-state index is 12.9. The van der Waals surface area contributed by atoms with Crippen LogP contribution in [0.15, 0.2) is 52.0 Å². The van der Waals surface area contributed by atoms with Gasteiger partial charge in [0, 0.05) is 40.4 Å². The number of rotatable bonds is 5. The van der Waals surface area contributed by atoms with Crippen molar-refractivity contribution in [3.8, 4) is 0 Å². The van der Waals surface area contributed by atoms with Crippen LogP contribution in [0.2, 0.25) is 5.02 Å². The maximum Gasteiger partial charge on any atom is 0.291 e. The number of amides is 1. The van der Waals surface area contributed by atoms with Gasteiger partial charge in [-0.2, -0.15) is 5.10 Å². The Hall–Kier alpha value is -3.65. The first kappa shape index (κ1) is 21.6. The second kappa shape index (κ2) is 8.84. The fourth-order valence-electron chi connectivity index (χ4n) is 3.69. The van der Waals surface area contributed by atoms with E-state index in [4.69, 9.17) is 16.0 Å². The highest BCUT2D eigenvalue weighted by molar-refractivity contribution is 6.31. The molecule has 1 amide bonds. The van der Waals surface area contributed by atoms with Crippen molar-refractivity contribution in [3.05, 3.63) is 85.8 Å². The summed E-state index contributed by atoms with van der Waals surface area (Å²) in [5.74, 6) is 0.634. The van der Waals surface area contributed by atoms with Crippen molar-refractivity contribution in [2.75, 3.05) is 10.7 Å². The number of aryl methyl sites for hydroxylation is 2. The molecule has 0 atom stereocenters. The normalized spacial score (nSPS) is 14.2. The number of fused-ring (bicyclic) bond motifs is 1. The third kappa shape index (κ3) is 4.36. The number of nitrogens with zero attached hydrogens (tertiary/aromatic N) is 2. The molecule has 1 aliphatic rings. The van der Waals surface area contributed by atoms with E-state index in [1.165, 1.54) is 12.1 Å². The highest BCUT2D eigenvalue weighted by Gasteiger charge is 2.28. The minimum absolute atomic E-state index is 0.0134. The third-order valence-electron chi connectivity index (χ3n) is 5.38. The number of carbonyl (C=O) groups is 1. The summed E-state index contributed by atoms with van der Waals surface area (Å²) in [6, 6.07) is 11.3. The van der Waals surface area contributed by atoms with E-state index in [-0.39, 0.29) is 17.4 Å². The zero-order chi connectivity index (χ0) is 22.8. The van der Waals surface area contributed by atoms with Crippen molar-refractivity contribution in [2.24, 2.45) is 5.10 Å². The Morgan fingerprint density at radius 3 is 2.62 bits per heavy atom. The molecule has 0 spiro atoms. The van der Waals surface area contributed by atoms with E-state index >= 15 is 0 Å². The van der Waals surface area contributed by atoms with Crippen molar-refractivity contribution >= 4 is 40.3 Å². The van der Waals surface area contributed by atoms with E-state index in [0.717, 1.165) is 47.4 Å². The molecule has 3 aromatic rings. The molecule has 0 aliphatic heterocycles. The zero-order valence-electron chi connectivity index (χ0n) is 17.6. The molecule has 9 heteroatoms. The number of nitrogens with one attached hydrogen (secondary N) is 2. The molecule has 0 radical (unpaired) electrons. The first-order valence-corrected chi connectivity index (χ1v) is 10.5. The summed E-state index contributed by atoms with van der Waals surface area (Å²) in [4.78, 5) is 23.3. The van der Waals surface area contributed by atoms with Crippen LogP contribution in [0, 0.1) is 24.0 Å². The molecule has 8 nitrogen and oxygen atoms in total. The largest absolute Gasteiger partial charge is 0.455 e. The lowest BCUT2D eigenvalue weighted by atomic mass is 9.93. The molecule has 1 aromatic heterocycles. The Labute approximate surface area is 189 Å². The number of carbonyl (C=O) groups excluding carboxylic acids is 1. The van der Waals surface area contributed by atoms with Gasteiger partial charge in [0.05, 0.1) is 16.3 Å². The standard InChI is InChI=1S/C23H21ClN4O4/c1-13-6-7-15(24)12-19(13)25-23(29)22-14(2)21-18(4-3-5-20(21)32-22)27-26-16-8-10-17(11-9-16)28(30)31/h6-12,26H,3-5H2,1-2H3,(H,25,29)/b27-18+. The van der Waals surface area contributed by atoms with Gasteiger partial charge in [0.15, 0.2) is 5.76 Å². The second-order valence-electron chi connectivity index (χ2n) is 7.60. The molecule has 164 valence electrons. The first-order chi connectivity index (χ1) is 15.3. The molecule has 1 heterocycles. The minimum Gasteiger partial charge on any atom is -0.455 e. The van der Waals surface area contributed by atoms with Crippen molar-refractivity contribution in [3.63, 3.8) is 0 Å².